The Morgan fingerprint density at radius 1 is 1.26 bits per heavy atom. The highest BCUT2D eigenvalue weighted by Gasteiger charge is 2.11. The number of carbonyl (C=O) groups excluding carboxylic acids is 1. The molecule has 0 aliphatic rings. The van der Waals surface area contributed by atoms with Gasteiger partial charge in [-0.05, 0) is 48.9 Å². The third kappa shape index (κ3) is 3.12. The molecule has 0 aliphatic carbocycles. The van der Waals surface area contributed by atoms with E-state index in [4.69, 9.17) is 5.73 Å². The number of hydrogen-bond donors (Lipinski definition) is 2. The molecule has 0 saturated heterocycles. The topological polar surface area (TPSA) is 55.1 Å². The quantitative estimate of drug-likeness (QED) is 0.828. The van der Waals surface area contributed by atoms with Crippen LogP contribution in [0.15, 0.2) is 40.9 Å². The molecule has 0 saturated carbocycles. The van der Waals surface area contributed by atoms with Gasteiger partial charge in [-0.15, -0.1) is 0 Å². The van der Waals surface area contributed by atoms with Gasteiger partial charge in [0.25, 0.3) is 5.91 Å². The van der Waals surface area contributed by atoms with Crippen LogP contribution in [0.3, 0.4) is 0 Å². The molecule has 0 aliphatic heterocycles. The highest BCUT2D eigenvalue weighted by molar-refractivity contribution is 9.10. The molecule has 2 rings (SSSR count). The molecule has 0 radical (unpaired) electrons. The number of carbonyl (C=O) groups is 1. The van der Waals surface area contributed by atoms with Crippen molar-refractivity contribution < 1.29 is 9.18 Å². The van der Waals surface area contributed by atoms with Crippen LogP contribution in [0.4, 0.5) is 15.8 Å². The van der Waals surface area contributed by atoms with E-state index in [0.29, 0.717) is 15.7 Å². The van der Waals surface area contributed by atoms with Crippen LogP contribution in [0.1, 0.15) is 15.9 Å². The van der Waals surface area contributed by atoms with Crippen molar-refractivity contribution >= 4 is 33.2 Å². The number of nitrogen functional groups attached to an aromatic ring is 1. The van der Waals surface area contributed by atoms with Gasteiger partial charge < -0.3 is 11.1 Å². The Morgan fingerprint density at radius 2 is 2.00 bits per heavy atom. The number of anilines is 2. The molecule has 2 aromatic carbocycles. The highest BCUT2D eigenvalue weighted by Crippen LogP contribution is 2.21. The Labute approximate surface area is 118 Å². The highest BCUT2D eigenvalue weighted by atomic mass is 79.9. The van der Waals surface area contributed by atoms with E-state index in [9.17, 15) is 9.18 Å². The molecule has 0 unspecified atom stereocenters. The minimum atomic E-state index is -0.490. The standard InChI is InChI=1S/C14H12BrFN2O/c1-8-6-10(17)3-4-11(8)14(19)18-13-5-2-9(15)7-12(13)16/h2-7H,17H2,1H3,(H,18,19). The van der Waals surface area contributed by atoms with Crippen LogP contribution in [-0.2, 0) is 0 Å². The molecule has 2 aromatic rings. The summed E-state index contributed by atoms with van der Waals surface area (Å²) < 4.78 is 14.2. The Bertz CT molecular complexity index is 643. The van der Waals surface area contributed by atoms with E-state index >= 15 is 0 Å². The summed E-state index contributed by atoms with van der Waals surface area (Å²) in [5.74, 6) is -0.852. The normalized spacial score (nSPS) is 10.3. The average molecular weight is 323 g/mol. The summed E-state index contributed by atoms with van der Waals surface area (Å²) in [5.41, 5.74) is 7.57. The molecule has 3 nitrogen and oxygen atoms in total. The van der Waals surface area contributed by atoms with Gasteiger partial charge in [-0.1, -0.05) is 15.9 Å². The summed E-state index contributed by atoms with van der Waals surface area (Å²) in [7, 11) is 0. The van der Waals surface area contributed by atoms with Crippen LogP contribution in [0.5, 0.6) is 0 Å². The van der Waals surface area contributed by atoms with Gasteiger partial charge in [0.2, 0.25) is 0 Å². The number of aryl methyl sites for hydroxylation is 1. The summed E-state index contributed by atoms with van der Waals surface area (Å²) >= 11 is 3.16. The molecule has 0 heterocycles. The SMILES string of the molecule is Cc1cc(N)ccc1C(=O)Nc1ccc(Br)cc1F. The lowest BCUT2D eigenvalue weighted by Gasteiger charge is -2.09. The maximum atomic E-state index is 13.6. The summed E-state index contributed by atoms with van der Waals surface area (Å²) in [6, 6.07) is 9.42. The van der Waals surface area contributed by atoms with Crippen molar-refractivity contribution in [1.29, 1.82) is 0 Å². The first-order valence-corrected chi connectivity index (χ1v) is 6.39. The van der Waals surface area contributed by atoms with Crippen LogP contribution in [0, 0.1) is 12.7 Å². The molecule has 1 amide bonds. The molecule has 0 atom stereocenters. The number of benzene rings is 2. The van der Waals surface area contributed by atoms with Crippen molar-refractivity contribution in [3.63, 3.8) is 0 Å². The van der Waals surface area contributed by atoms with Gasteiger partial charge in [0.15, 0.2) is 0 Å². The van der Waals surface area contributed by atoms with Gasteiger partial charge in [-0.2, -0.15) is 0 Å². The first-order chi connectivity index (χ1) is 8.97. The smallest absolute Gasteiger partial charge is 0.256 e. The van der Waals surface area contributed by atoms with Crippen molar-refractivity contribution in [2.75, 3.05) is 11.1 Å². The first-order valence-electron chi connectivity index (χ1n) is 5.60. The molecule has 5 heteroatoms. The fraction of sp³-hybridized carbons (Fsp3) is 0.0714. The minimum absolute atomic E-state index is 0.143. The predicted octanol–water partition coefficient (Wildman–Crippen LogP) is 3.73. The lowest BCUT2D eigenvalue weighted by Crippen LogP contribution is -2.14. The Hall–Kier alpha value is -1.88. The lowest BCUT2D eigenvalue weighted by molar-refractivity contribution is 0.102. The van der Waals surface area contributed by atoms with Crippen LogP contribution < -0.4 is 11.1 Å². The fourth-order valence-electron chi connectivity index (χ4n) is 1.72. The monoisotopic (exact) mass is 322 g/mol. The molecular formula is C14H12BrFN2O. The zero-order valence-electron chi connectivity index (χ0n) is 10.2. The zero-order valence-corrected chi connectivity index (χ0v) is 11.8. The molecule has 0 bridgehead atoms. The van der Waals surface area contributed by atoms with Crippen molar-refractivity contribution in [3.8, 4) is 0 Å². The van der Waals surface area contributed by atoms with E-state index in [1.165, 1.54) is 12.1 Å². The third-order valence-corrected chi connectivity index (χ3v) is 3.17. The van der Waals surface area contributed by atoms with Gasteiger partial charge in [-0.25, -0.2) is 4.39 Å². The lowest BCUT2D eigenvalue weighted by atomic mass is 10.1. The van der Waals surface area contributed by atoms with Gasteiger partial charge in [0.1, 0.15) is 5.82 Å². The van der Waals surface area contributed by atoms with Crippen LogP contribution >= 0.6 is 15.9 Å². The van der Waals surface area contributed by atoms with Crippen LogP contribution in [0.2, 0.25) is 0 Å². The first kappa shape index (κ1) is 13.5. The molecule has 3 N–H and O–H groups in total. The third-order valence-electron chi connectivity index (χ3n) is 2.67. The minimum Gasteiger partial charge on any atom is -0.399 e. The van der Waals surface area contributed by atoms with E-state index in [1.807, 2.05) is 0 Å². The maximum absolute atomic E-state index is 13.6. The number of hydrogen-bond acceptors (Lipinski definition) is 2. The van der Waals surface area contributed by atoms with E-state index < -0.39 is 5.82 Å². The second kappa shape index (κ2) is 5.40. The predicted molar refractivity (Wildman–Crippen MR) is 77.6 cm³/mol. The van der Waals surface area contributed by atoms with Gasteiger partial charge in [0, 0.05) is 15.7 Å². The second-order valence-electron chi connectivity index (χ2n) is 4.15. The van der Waals surface area contributed by atoms with E-state index in [-0.39, 0.29) is 11.6 Å². The Morgan fingerprint density at radius 3 is 2.63 bits per heavy atom. The summed E-state index contributed by atoms with van der Waals surface area (Å²) in [5, 5.41) is 2.54. The molecule has 19 heavy (non-hydrogen) atoms. The number of nitrogens with two attached hydrogens (primary N) is 1. The molecule has 0 fully saturated rings. The molecule has 0 aromatic heterocycles. The second-order valence-corrected chi connectivity index (χ2v) is 5.07. The van der Waals surface area contributed by atoms with Crippen molar-refractivity contribution in [2.45, 2.75) is 6.92 Å². The fourth-order valence-corrected chi connectivity index (χ4v) is 2.06. The summed E-state index contributed by atoms with van der Waals surface area (Å²) in [4.78, 5) is 12.1. The summed E-state index contributed by atoms with van der Waals surface area (Å²) in [6.45, 7) is 1.78. The van der Waals surface area contributed by atoms with Crippen LogP contribution in [-0.4, -0.2) is 5.91 Å². The zero-order chi connectivity index (χ0) is 14.0. The number of nitrogens with one attached hydrogen (secondary N) is 1. The summed E-state index contributed by atoms with van der Waals surface area (Å²) in [6.07, 6.45) is 0. The van der Waals surface area contributed by atoms with Crippen molar-refractivity contribution in [3.05, 3.63) is 57.8 Å². The molecule has 98 valence electrons. The molecule has 0 spiro atoms. The van der Waals surface area contributed by atoms with Gasteiger partial charge >= 0.3 is 0 Å². The maximum Gasteiger partial charge on any atom is 0.256 e. The number of amides is 1. The van der Waals surface area contributed by atoms with E-state index in [0.717, 1.165) is 5.56 Å². The van der Waals surface area contributed by atoms with E-state index in [2.05, 4.69) is 21.2 Å². The van der Waals surface area contributed by atoms with Crippen LogP contribution in [0.25, 0.3) is 0 Å². The van der Waals surface area contributed by atoms with E-state index in [1.54, 1.807) is 31.2 Å². The molecular weight excluding hydrogens is 311 g/mol. The number of rotatable bonds is 2. The largest absolute Gasteiger partial charge is 0.399 e. The Kier molecular flexibility index (Phi) is 3.85. The van der Waals surface area contributed by atoms with Gasteiger partial charge in [-0.3, -0.25) is 4.79 Å². The van der Waals surface area contributed by atoms with Crippen molar-refractivity contribution in [2.24, 2.45) is 0 Å². The van der Waals surface area contributed by atoms with Gasteiger partial charge in [0.05, 0.1) is 5.69 Å². The average Bonchev–Trinajstić information content (AvgIpc) is 2.32. The number of halogens is 2. The Balaban J connectivity index is 2.25. The van der Waals surface area contributed by atoms with Crippen molar-refractivity contribution in [1.82, 2.24) is 0 Å².